The van der Waals surface area contributed by atoms with Crippen molar-refractivity contribution >= 4 is 5.97 Å². The van der Waals surface area contributed by atoms with Crippen LogP contribution in [0.3, 0.4) is 0 Å². The molecule has 1 saturated carbocycles. The number of aliphatic hydroxyl groups is 1. The lowest BCUT2D eigenvalue weighted by molar-refractivity contribution is -0.387. The highest BCUT2D eigenvalue weighted by molar-refractivity contribution is 5.77. The van der Waals surface area contributed by atoms with Crippen LogP contribution >= 0.6 is 0 Å². The van der Waals surface area contributed by atoms with Crippen LogP contribution in [0.25, 0.3) is 0 Å². The quantitative estimate of drug-likeness (QED) is 0.525. The summed E-state index contributed by atoms with van der Waals surface area (Å²) in [6, 6.07) is 7.11. The van der Waals surface area contributed by atoms with Gasteiger partial charge in [-0.15, -0.1) is 0 Å². The Labute approximate surface area is 164 Å². The summed E-state index contributed by atoms with van der Waals surface area (Å²) < 4.78 is 83.4. The molecule has 1 aliphatic rings. The smallest absolute Gasteiger partial charge is 0.426 e. The highest BCUT2D eigenvalue weighted by Gasteiger charge is 2.73. The van der Waals surface area contributed by atoms with Gasteiger partial charge in [0.05, 0.1) is 6.61 Å². The zero-order valence-corrected chi connectivity index (χ0v) is 15.7. The van der Waals surface area contributed by atoms with E-state index in [1.807, 2.05) is 0 Å². The largest absolute Gasteiger partial charge is 0.465 e. The summed E-state index contributed by atoms with van der Waals surface area (Å²) in [6.07, 6.45) is -12.7. The first-order chi connectivity index (χ1) is 13.4. The van der Waals surface area contributed by atoms with Gasteiger partial charge in [0.25, 0.3) is 5.60 Å². The Morgan fingerprint density at radius 2 is 1.59 bits per heavy atom. The van der Waals surface area contributed by atoms with Crippen molar-refractivity contribution in [2.24, 2.45) is 5.92 Å². The van der Waals surface area contributed by atoms with Crippen molar-refractivity contribution in [3.63, 3.8) is 0 Å². The molecular formula is C19H23F6NO3. The Kier molecular flexibility index (Phi) is 7.21. The van der Waals surface area contributed by atoms with E-state index in [2.05, 4.69) is 5.32 Å². The molecule has 1 fully saturated rings. The van der Waals surface area contributed by atoms with E-state index in [-0.39, 0.29) is 19.4 Å². The van der Waals surface area contributed by atoms with Gasteiger partial charge in [0.1, 0.15) is 6.04 Å². The Balaban J connectivity index is 2.12. The van der Waals surface area contributed by atoms with E-state index >= 15 is 0 Å². The predicted octanol–water partition coefficient (Wildman–Crippen LogP) is 4.29. The Morgan fingerprint density at radius 3 is 2.03 bits per heavy atom. The maximum atomic E-state index is 13.1. The number of carbonyl (C=O) groups excluding carboxylic acids is 1. The van der Waals surface area contributed by atoms with Crippen molar-refractivity contribution in [1.29, 1.82) is 0 Å². The summed E-state index contributed by atoms with van der Waals surface area (Å²) in [7, 11) is 0. The highest BCUT2D eigenvalue weighted by Crippen LogP contribution is 2.51. The van der Waals surface area contributed by atoms with Crippen LogP contribution in [0.5, 0.6) is 0 Å². The third-order valence-corrected chi connectivity index (χ3v) is 5.24. The van der Waals surface area contributed by atoms with Gasteiger partial charge < -0.3 is 9.84 Å². The number of benzene rings is 1. The monoisotopic (exact) mass is 427 g/mol. The number of hydrogen-bond acceptors (Lipinski definition) is 4. The molecular weight excluding hydrogens is 404 g/mol. The van der Waals surface area contributed by atoms with Gasteiger partial charge in [-0.3, -0.25) is 5.32 Å². The molecule has 29 heavy (non-hydrogen) atoms. The average molecular weight is 427 g/mol. The third kappa shape index (κ3) is 5.03. The Morgan fingerprint density at radius 1 is 1.07 bits per heavy atom. The van der Waals surface area contributed by atoms with Crippen LogP contribution in [0.4, 0.5) is 26.3 Å². The molecule has 1 aromatic rings. The van der Waals surface area contributed by atoms with Crippen molar-refractivity contribution < 1.29 is 41.0 Å². The molecule has 1 aliphatic carbocycles. The molecule has 10 heteroatoms. The average Bonchev–Trinajstić information content (AvgIpc) is 2.65. The molecule has 0 amide bonds. The normalized spacial score (nSPS) is 22.2. The standard InChI is InChI=1S/C19H23F6NO3/c1-2-29-16(27)15(12-6-4-3-5-7-12)26-14-10-8-13(9-11-14)17(28,18(20,21)22)19(23,24)25/h3-7,13-15,26,28H,2,8-11H2,1H3. The molecule has 0 aliphatic heterocycles. The van der Waals surface area contributed by atoms with Gasteiger partial charge in [0.15, 0.2) is 0 Å². The van der Waals surface area contributed by atoms with Gasteiger partial charge in [0.2, 0.25) is 0 Å². The Hall–Kier alpha value is -1.81. The molecule has 0 heterocycles. The number of nitrogens with one attached hydrogen (secondary N) is 1. The molecule has 0 spiro atoms. The minimum atomic E-state index is -5.83. The lowest BCUT2D eigenvalue weighted by Gasteiger charge is -2.42. The summed E-state index contributed by atoms with van der Waals surface area (Å²) in [5.41, 5.74) is -4.17. The summed E-state index contributed by atoms with van der Waals surface area (Å²) in [5, 5.41) is 12.6. The molecule has 0 radical (unpaired) electrons. The summed E-state index contributed by atoms with van der Waals surface area (Å²) in [5.74, 6) is -2.58. The molecule has 1 aromatic carbocycles. The molecule has 2 rings (SSSR count). The van der Waals surface area contributed by atoms with Crippen LogP contribution in [0.15, 0.2) is 30.3 Å². The van der Waals surface area contributed by atoms with Crippen LogP contribution in [0, 0.1) is 5.92 Å². The van der Waals surface area contributed by atoms with Crippen molar-refractivity contribution in [3.05, 3.63) is 35.9 Å². The second-order valence-electron chi connectivity index (χ2n) is 7.07. The Bertz CT molecular complexity index is 655. The number of halogens is 6. The van der Waals surface area contributed by atoms with E-state index in [4.69, 9.17) is 4.74 Å². The van der Waals surface area contributed by atoms with E-state index in [1.54, 1.807) is 37.3 Å². The van der Waals surface area contributed by atoms with Gasteiger partial charge in [-0.2, -0.15) is 26.3 Å². The molecule has 1 unspecified atom stereocenters. The maximum Gasteiger partial charge on any atom is 0.426 e. The van der Waals surface area contributed by atoms with Gasteiger partial charge in [-0.05, 0) is 38.2 Å². The third-order valence-electron chi connectivity index (χ3n) is 5.24. The fourth-order valence-corrected chi connectivity index (χ4v) is 3.71. The molecule has 2 N–H and O–H groups in total. The zero-order valence-electron chi connectivity index (χ0n) is 15.7. The second kappa shape index (κ2) is 8.91. The number of esters is 1. The van der Waals surface area contributed by atoms with Gasteiger partial charge in [-0.25, -0.2) is 4.79 Å². The first kappa shape index (κ1) is 23.5. The van der Waals surface area contributed by atoms with Crippen LogP contribution in [-0.4, -0.2) is 41.7 Å². The van der Waals surface area contributed by atoms with Gasteiger partial charge in [0, 0.05) is 12.0 Å². The topological polar surface area (TPSA) is 58.6 Å². The van der Waals surface area contributed by atoms with Crippen LogP contribution in [0.1, 0.15) is 44.2 Å². The molecule has 0 bridgehead atoms. The van der Waals surface area contributed by atoms with Crippen molar-refractivity contribution in [2.75, 3.05) is 6.61 Å². The molecule has 0 aromatic heterocycles. The zero-order chi connectivity index (χ0) is 21.9. The number of hydrogen-bond donors (Lipinski definition) is 2. The second-order valence-corrected chi connectivity index (χ2v) is 7.07. The fraction of sp³-hybridized carbons (Fsp3) is 0.632. The lowest BCUT2D eigenvalue weighted by Crippen LogP contribution is -2.62. The predicted molar refractivity (Wildman–Crippen MR) is 91.8 cm³/mol. The van der Waals surface area contributed by atoms with E-state index in [1.165, 1.54) is 0 Å². The number of ether oxygens (including phenoxy) is 1. The van der Waals surface area contributed by atoms with Crippen molar-refractivity contribution in [1.82, 2.24) is 5.32 Å². The van der Waals surface area contributed by atoms with Gasteiger partial charge >= 0.3 is 18.3 Å². The molecule has 164 valence electrons. The van der Waals surface area contributed by atoms with Crippen molar-refractivity contribution in [3.8, 4) is 0 Å². The van der Waals surface area contributed by atoms with E-state index < -0.39 is 54.8 Å². The summed E-state index contributed by atoms with van der Waals surface area (Å²) in [4.78, 5) is 12.3. The first-order valence-electron chi connectivity index (χ1n) is 9.25. The highest BCUT2D eigenvalue weighted by atomic mass is 19.4. The molecule has 0 saturated heterocycles. The number of alkyl halides is 6. The van der Waals surface area contributed by atoms with E-state index in [0.717, 1.165) is 0 Å². The fourth-order valence-electron chi connectivity index (χ4n) is 3.71. The number of carbonyl (C=O) groups is 1. The minimum Gasteiger partial charge on any atom is -0.465 e. The molecule has 1 atom stereocenters. The van der Waals surface area contributed by atoms with Crippen LogP contribution < -0.4 is 5.32 Å². The lowest BCUT2D eigenvalue weighted by atomic mass is 9.74. The molecule has 4 nitrogen and oxygen atoms in total. The SMILES string of the molecule is CCOC(=O)C(NC1CCC(C(O)(C(F)(F)F)C(F)(F)F)CC1)c1ccccc1. The van der Waals surface area contributed by atoms with Gasteiger partial charge in [-0.1, -0.05) is 30.3 Å². The van der Waals surface area contributed by atoms with E-state index in [9.17, 15) is 36.2 Å². The first-order valence-corrected chi connectivity index (χ1v) is 9.25. The van der Waals surface area contributed by atoms with Crippen molar-refractivity contribution in [2.45, 2.75) is 62.6 Å². The van der Waals surface area contributed by atoms with E-state index in [0.29, 0.717) is 5.56 Å². The maximum absolute atomic E-state index is 13.1. The van der Waals surface area contributed by atoms with Crippen LogP contribution in [-0.2, 0) is 9.53 Å². The number of rotatable bonds is 6. The summed E-state index contributed by atoms with van der Waals surface area (Å²) >= 11 is 0. The van der Waals surface area contributed by atoms with Crippen LogP contribution in [0.2, 0.25) is 0 Å². The summed E-state index contributed by atoms with van der Waals surface area (Å²) in [6.45, 7) is 1.75. The minimum absolute atomic E-state index is 0.0537.